The normalized spacial score (nSPS) is 12.3. The van der Waals surface area contributed by atoms with Gasteiger partial charge in [-0.3, -0.25) is 14.8 Å². The molecule has 1 aliphatic heterocycles. The zero-order valence-corrected chi connectivity index (χ0v) is 53.5. The molecule has 0 bridgehead atoms. The number of nitrogens with zero attached hydrogens (tertiary/aromatic N) is 11. The van der Waals surface area contributed by atoms with Crippen LogP contribution in [0.25, 0.3) is 0 Å². The number of rotatable bonds is 14. The largest absolute Gasteiger partial charge is 0.445 e. The molecule has 0 amide bonds. The molecular weight excluding hydrogens is 961 g/mol. The molecule has 0 spiro atoms. The Balaban J connectivity index is 0.000000449. The lowest BCUT2D eigenvalue weighted by Crippen LogP contribution is -2.08. The topological polar surface area (TPSA) is 181 Å². The molecule has 6 aromatic heterocycles. The molecule has 0 aliphatic carbocycles. The summed E-state index contributed by atoms with van der Waals surface area (Å²) in [7, 11) is 0. The van der Waals surface area contributed by atoms with Crippen LogP contribution in [-0.4, -0.2) is 60.6 Å². The van der Waals surface area contributed by atoms with E-state index in [1.807, 2.05) is 60.1 Å². The quantitative estimate of drug-likeness (QED) is 0.110. The Hall–Kier alpha value is -5.47. The van der Waals surface area contributed by atoms with Crippen molar-refractivity contribution in [2.75, 3.05) is 0 Å². The van der Waals surface area contributed by atoms with Gasteiger partial charge >= 0.3 is 0 Å². The van der Waals surface area contributed by atoms with Crippen LogP contribution in [0.2, 0.25) is 0 Å². The molecule has 6 aromatic rings. The van der Waals surface area contributed by atoms with Gasteiger partial charge in [-0.1, -0.05) is 171 Å². The van der Waals surface area contributed by atoms with E-state index in [0.29, 0.717) is 83.1 Å². The molecule has 0 fully saturated rings. The summed E-state index contributed by atoms with van der Waals surface area (Å²) in [6.07, 6.45) is 11.2. The Labute approximate surface area is 467 Å². The van der Waals surface area contributed by atoms with Gasteiger partial charge in [0, 0.05) is 102 Å². The smallest absolute Gasteiger partial charge is 0.229 e. The first-order chi connectivity index (χ1) is 35.8. The number of aromatic amines is 1. The van der Waals surface area contributed by atoms with Crippen molar-refractivity contribution in [3.63, 3.8) is 0 Å². The third-order valence-corrected chi connectivity index (χ3v) is 12.1. The molecule has 0 atom stereocenters. The van der Waals surface area contributed by atoms with Crippen LogP contribution in [-0.2, 0) is 0 Å². The van der Waals surface area contributed by atoms with Gasteiger partial charge in [-0.15, -0.1) is 10.2 Å². The molecule has 0 aromatic carbocycles. The van der Waals surface area contributed by atoms with Crippen LogP contribution in [0.5, 0.6) is 0 Å². The summed E-state index contributed by atoms with van der Waals surface area (Å²) in [5, 5.41) is 23.0. The van der Waals surface area contributed by atoms with Gasteiger partial charge in [0.15, 0.2) is 17.5 Å². The van der Waals surface area contributed by atoms with Crippen molar-refractivity contribution in [3.8, 4) is 0 Å². The van der Waals surface area contributed by atoms with Crippen LogP contribution in [0.1, 0.15) is 330 Å². The minimum absolute atomic E-state index is 0.329. The van der Waals surface area contributed by atoms with Gasteiger partial charge in [0.25, 0.3) is 0 Å². The number of nitrogens with one attached hydrogen (secondary N) is 1. The summed E-state index contributed by atoms with van der Waals surface area (Å²) >= 11 is 0. The highest BCUT2D eigenvalue weighted by Crippen LogP contribution is 2.24. The predicted octanol–water partition coefficient (Wildman–Crippen LogP) is 18.4. The number of aliphatic imine (C=N–C) groups is 1. The summed E-state index contributed by atoms with van der Waals surface area (Å²) in [6, 6.07) is 5.35. The van der Waals surface area contributed by atoms with Crippen molar-refractivity contribution in [1.82, 2.24) is 54.9 Å². The van der Waals surface area contributed by atoms with E-state index in [0.717, 1.165) is 53.2 Å². The second kappa shape index (κ2) is 34.4. The molecule has 15 nitrogen and oxygen atoms in total. The molecule has 0 unspecified atom stereocenters. The lowest BCUT2D eigenvalue weighted by molar-refractivity contribution is 0.359. The molecule has 1 N–H and O–H groups in total. The Morgan fingerprint density at radius 1 is 0.506 bits per heavy atom. The Morgan fingerprint density at radius 2 is 1.06 bits per heavy atom. The first-order valence-corrected chi connectivity index (χ1v) is 28.8. The molecule has 0 saturated carbocycles. The Morgan fingerprint density at radius 3 is 1.34 bits per heavy atom. The lowest BCUT2D eigenvalue weighted by atomic mass is 9.96. The second-order valence-electron chi connectivity index (χ2n) is 24.3. The van der Waals surface area contributed by atoms with Gasteiger partial charge < -0.3 is 17.9 Å². The van der Waals surface area contributed by atoms with Crippen molar-refractivity contribution in [2.24, 2.45) is 16.8 Å². The Bertz CT molecular complexity index is 2080. The number of hydrogen-bond donors (Lipinski definition) is 1. The van der Waals surface area contributed by atoms with Gasteiger partial charge in [0.05, 0.1) is 6.20 Å². The minimum atomic E-state index is 0.329. The standard InChI is InChI=1S/2C10H17N.C9H16N2.C9H15NO.C8H15N3.2C8H14N2O/c1-7(2)9-5-10(8(3)4)11-6-9;1-8(2)10-5-6-11(7-10)9(3)4;1-7(2)9-5-6-10-11(9)8(3)4;1-6(2)8-5-10-9(11-8)7(3)4;1-5(2)7-9-8(6(3)4)11-10-7;1-5(2)7-9-10-8(11-7)6(3)4;1-5(2)7-9-8(6(3)4)11-10-7/h6-8H,5H2,1-4H3;5-9H,1-4H3;5-8H,1-4H3;5-7H,1-4H3;5-6H,1-4H3,(H,9,10,11);2*5-6H,1-4H3. The first kappa shape index (κ1) is 69.5. The van der Waals surface area contributed by atoms with E-state index in [9.17, 15) is 0 Å². The van der Waals surface area contributed by atoms with Crippen molar-refractivity contribution in [3.05, 3.63) is 107 Å². The maximum atomic E-state index is 5.50. The summed E-state index contributed by atoms with van der Waals surface area (Å²) in [5.74, 6) is 12.2. The number of aromatic nitrogens is 11. The van der Waals surface area contributed by atoms with Gasteiger partial charge in [0.1, 0.15) is 11.6 Å². The van der Waals surface area contributed by atoms with Crippen LogP contribution in [0.15, 0.2) is 67.0 Å². The lowest BCUT2D eigenvalue weighted by Gasteiger charge is -2.12. The summed E-state index contributed by atoms with van der Waals surface area (Å²) in [4.78, 5) is 17.1. The molecule has 0 saturated heterocycles. The average molecular weight is 1070 g/mol. The van der Waals surface area contributed by atoms with Gasteiger partial charge in [-0.25, -0.2) is 9.97 Å². The maximum absolute atomic E-state index is 5.50. The van der Waals surface area contributed by atoms with E-state index in [1.165, 1.54) is 22.5 Å². The van der Waals surface area contributed by atoms with Crippen molar-refractivity contribution < 1.29 is 13.4 Å². The van der Waals surface area contributed by atoms with Crippen LogP contribution in [0.4, 0.5) is 0 Å². The zero-order valence-electron chi connectivity index (χ0n) is 53.5. The Kier molecular flexibility index (Phi) is 31.1. The first-order valence-electron chi connectivity index (χ1n) is 28.8. The molecule has 77 heavy (non-hydrogen) atoms. The van der Waals surface area contributed by atoms with Crippen LogP contribution < -0.4 is 0 Å². The SMILES string of the molecule is CC(C)C1=CN=C(C(C)C)C1.CC(C)c1ccn(C(C)C)c1.CC(C)c1ccnn1C(C)C.CC(C)c1cnc(C(C)C)o1.CC(C)c1n[nH]c(C(C)C)n1.CC(C)c1nnc(C(C)C)o1.CC(C)c1noc(C(C)C)n1. The fourth-order valence-electron chi connectivity index (χ4n) is 6.55. The van der Waals surface area contributed by atoms with Crippen LogP contribution in [0, 0.1) is 11.8 Å². The molecule has 0 radical (unpaired) electrons. The molecule has 434 valence electrons. The van der Waals surface area contributed by atoms with Gasteiger partial charge in [-0.05, 0) is 74.6 Å². The highest BCUT2D eigenvalue weighted by atomic mass is 16.5. The van der Waals surface area contributed by atoms with Crippen LogP contribution >= 0.6 is 0 Å². The van der Waals surface area contributed by atoms with Gasteiger partial charge in [0.2, 0.25) is 17.7 Å². The molecule has 7 rings (SSSR count). The summed E-state index contributed by atoms with van der Waals surface area (Å²) in [5.41, 5.74) is 5.57. The van der Waals surface area contributed by atoms with Crippen molar-refractivity contribution in [1.29, 1.82) is 0 Å². The zero-order chi connectivity index (χ0) is 59.0. The van der Waals surface area contributed by atoms with Gasteiger partial charge in [-0.2, -0.15) is 15.2 Å². The third kappa shape index (κ3) is 25.3. The third-order valence-electron chi connectivity index (χ3n) is 12.1. The average Bonchev–Trinajstić information content (AvgIpc) is 4.20. The van der Waals surface area contributed by atoms with Crippen molar-refractivity contribution >= 4 is 5.71 Å². The van der Waals surface area contributed by atoms with Crippen molar-refractivity contribution in [2.45, 2.75) is 272 Å². The number of oxazole rings is 1. The van der Waals surface area contributed by atoms with E-state index in [1.54, 1.807) is 0 Å². The predicted molar refractivity (Wildman–Crippen MR) is 320 cm³/mol. The molecule has 1 aliphatic rings. The van der Waals surface area contributed by atoms with E-state index in [4.69, 9.17) is 13.4 Å². The second-order valence-corrected chi connectivity index (χ2v) is 24.3. The molecule has 7 heterocycles. The highest BCUT2D eigenvalue weighted by molar-refractivity contribution is 5.90. The molecule has 15 heteroatoms. The number of allylic oxidation sites excluding steroid dienone is 1. The monoisotopic (exact) mass is 1070 g/mol. The van der Waals surface area contributed by atoms with Crippen LogP contribution in [0.3, 0.4) is 0 Å². The fraction of sp³-hybridized carbons (Fsp3) is 0.694. The van der Waals surface area contributed by atoms with E-state index >= 15 is 0 Å². The maximum Gasteiger partial charge on any atom is 0.229 e. The number of hydrogen-bond acceptors (Lipinski definition) is 12. The fourth-order valence-corrected chi connectivity index (χ4v) is 6.55. The van der Waals surface area contributed by atoms with E-state index in [2.05, 4.69) is 237 Å². The number of H-pyrrole nitrogens is 1. The highest BCUT2D eigenvalue weighted by Gasteiger charge is 2.16. The van der Waals surface area contributed by atoms with E-state index in [-0.39, 0.29) is 0 Å². The summed E-state index contributed by atoms with van der Waals surface area (Å²) in [6.45, 7) is 59.5. The summed E-state index contributed by atoms with van der Waals surface area (Å²) < 4.78 is 20.2. The molecular formula is C62H108N12O3. The van der Waals surface area contributed by atoms with E-state index < -0.39 is 0 Å². The minimum Gasteiger partial charge on any atom is -0.445 e.